The highest BCUT2D eigenvalue weighted by Gasteiger charge is 2.33. The summed E-state index contributed by atoms with van der Waals surface area (Å²) in [5.74, 6) is -4.26. The lowest BCUT2D eigenvalue weighted by atomic mass is 9.90. The third-order valence-electron chi connectivity index (χ3n) is 13.3. The second kappa shape index (κ2) is 25.8. The van der Waals surface area contributed by atoms with Gasteiger partial charge in [0.05, 0.1) is 6.07 Å². The fourth-order valence-electron chi connectivity index (χ4n) is 9.22. The van der Waals surface area contributed by atoms with Crippen LogP contribution in [0.15, 0.2) is 65.1 Å². The average molecular weight is 1030 g/mol. The molecule has 73 heavy (non-hydrogen) atoms. The molecule has 0 aromatic heterocycles. The third-order valence-corrected chi connectivity index (χ3v) is 14.1. The van der Waals surface area contributed by atoms with Gasteiger partial charge in [-0.05, 0) is 84.0 Å². The largest absolute Gasteiger partial charge is 0.456 e. The Kier molecular flexibility index (Phi) is 19.6. The normalized spacial score (nSPS) is 14.5. The highest BCUT2D eigenvalue weighted by atomic mass is 32.2. The summed E-state index contributed by atoms with van der Waals surface area (Å²) in [4.78, 5) is 102. The van der Waals surface area contributed by atoms with Crippen molar-refractivity contribution in [1.82, 2.24) is 35.0 Å². The SMILES string of the molecule is CCN(CC)c1ccc2c(-c3ccccc3C(=O)N3CCN(C(=O)CCC(=O)NC(CS(=O)(=O)O)C(=O)NCCN(C)CCCCCC(=O)ON4C(=O)CCC4=O)CC3)c3ccc(=[N+](CC)CC)cc-3oc2c1. The minimum Gasteiger partial charge on any atom is -0.456 e. The average Bonchev–Trinajstić information content (AvgIpc) is 3.69. The molecule has 3 N–H and O–H groups in total. The Morgan fingerprint density at radius 3 is 2.16 bits per heavy atom. The smallest absolute Gasteiger partial charge is 0.333 e. The molecule has 1 aliphatic carbocycles. The van der Waals surface area contributed by atoms with Crippen molar-refractivity contribution >= 4 is 68.2 Å². The molecule has 20 nitrogen and oxygen atoms in total. The number of rotatable bonds is 24. The number of hydrogen-bond donors (Lipinski definition) is 3. The summed E-state index contributed by atoms with van der Waals surface area (Å²) in [6, 6.07) is 18.3. The van der Waals surface area contributed by atoms with Gasteiger partial charge in [-0.1, -0.05) is 24.6 Å². The van der Waals surface area contributed by atoms with Crippen molar-refractivity contribution in [2.75, 3.05) is 89.7 Å². The van der Waals surface area contributed by atoms with Crippen LogP contribution in [0, 0.1) is 0 Å². The first-order chi connectivity index (χ1) is 34.9. The Hall–Kier alpha value is -6.71. The lowest BCUT2D eigenvalue weighted by Gasteiger charge is -2.35. The van der Waals surface area contributed by atoms with Gasteiger partial charge in [-0.3, -0.25) is 33.3 Å². The summed E-state index contributed by atoms with van der Waals surface area (Å²) in [5.41, 5.74) is 4.74. The number of piperazine rings is 1. The molecule has 21 heteroatoms. The molecule has 2 aromatic rings. The number of anilines is 1. The van der Waals surface area contributed by atoms with Crippen LogP contribution in [0.4, 0.5) is 5.69 Å². The van der Waals surface area contributed by atoms with E-state index in [4.69, 9.17) is 9.25 Å². The van der Waals surface area contributed by atoms with E-state index in [9.17, 15) is 46.5 Å². The van der Waals surface area contributed by atoms with Crippen LogP contribution in [-0.4, -0.2) is 165 Å². The molecular formula is C52H69N8O12S+. The summed E-state index contributed by atoms with van der Waals surface area (Å²) in [6.45, 7) is 13.7. The lowest BCUT2D eigenvalue weighted by molar-refractivity contribution is -0.197. The van der Waals surface area contributed by atoms with Crippen molar-refractivity contribution in [3.05, 3.63) is 71.6 Å². The highest BCUT2D eigenvalue weighted by molar-refractivity contribution is 7.85. The first-order valence-corrected chi connectivity index (χ1v) is 26.8. The second-order valence-corrected chi connectivity index (χ2v) is 19.7. The molecule has 0 saturated carbocycles. The minimum absolute atomic E-state index is 0.0176. The van der Waals surface area contributed by atoms with Crippen LogP contribution >= 0.6 is 0 Å². The third kappa shape index (κ3) is 14.7. The number of likely N-dealkylation sites (N-methyl/N-ethyl adjacent to an activating group) is 1. The van der Waals surface area contributed by atoms with E-state index in [0.29, 0.717) is 54.3 Å². The zero-order valence-corrected chi connectivity index (χ0v) is 43.3. The van der Waals surface area contributed by atoms with Crippen molar-refractivity contribution in [1.29, 1.82) is 0 Å². The molecule has 1 unspecified atom stereocenters. The van der Waals surface area contributed by atoms with E-state index in [2.05, 4.69) is 84.2 Å². The molecule has 4 aliphatic rings. The maximum absolute atomic E-state index is 14.5. The Bertz CT molecular complexity index is 2800. The number of amides is 6. The van der Waals surface area contributed by atoms with Gasteiger partial charge in [-0.2, -0.15) is 8.42 Å². The van der Waals surface area contributed by atoms with E-state index >= 15 is 0 Å². The fourth-order valence-corrected chi connectivity index (χ4v) is 9.88. The van der Waals surface area contributed by atoms with Gasteiger partial charge in [0.2, 0.25) is 23.1 Å². The molecule has 3 heterocycles. The van der Waals surface area contributed by atoms with Crippen LogP contribution in [0.25, 0.3) is 33.4 Å². The topological polar surface area (TPSA) is 240 Å². The van der Waals surface area contributed by atoms with Gasteiger partial charge in [0.25, 0.3) is 27.8 Å². The summed E-state index contributed by atoms with van der Waals surface area (Å²) in [7, 11) is -2.90. The van der Waals surface area contributed by atoms with Gasteiger partial charge in [0, 0.05) is 124 Å². The van der Waals surface area contributed by atoms with Crippen LogP contribution in [0.5, 0.6) is 0 Å². The zero-order chi connectivity index (χ0) is 52.8. The predicted molar refractivity (Wildman–Crippen MR) is 274 cm³/mol. The van der Waals surface area contributed by atoms with Crippen molar-refractivity contribution in [3.8, 4) is 22.5 Å². The maximum atomic E-state index is 14.5. The molecule has 6 amide bonds. The van der Waals surface area contributed by atoms with Crippen LogP contribution in [-0.2, 0) is 43.7 Å². The van der Waals surface area contributed by atoms with E-state index in [1.54, 1.807) is 16.8 Å². The Labute approximate surface area is 426 Å². The molecule has 0 spiro atoms. The second-order valence-electron chi connectivity index (χ2n) is 18.2. The van der Waals surface area contributed by atoms with Gasteiger partial charge in [0.15, 0.2) is 0 Å². The number of carbonyl (C=O) groups is 7. The molecule has 0 radical (unpaired) electrons. The minimum atomic E-state index is -4.69. The van der Waals surface area contributed by atoms with Crippen molar-refractivity contribution in [2.45, 2.75) is 85.1 Å². The summed E-state index contributed by atoms with van der Waals surface area (Å²) < 4.78 is 42.2. The van der Waals surface area contributed by atoms with Crippen molar-refractivity contribution in [3.63, 3.8) is 0 Å². The zero-order valence-electron chi connectivity index (χ0n) is 42.5. The first kappa shape index (κ1) is 55.6. The molecule has 2 saturated heterocycles. The molecule has 2 fully saturated rings. The molecule has 2 aromatic carbocycles. The van der Waals surface area contributed by atoms with E-state index in [0.717, 1.165) is 59.3 Å². The van der Waals surface area contributed by atoms with E-state index in [1.807, 2.05) is 29.2 Å². The maximum Gasteiger partial charge on any atom is 0.333 e. The van der Waals surface area contributed by atoms with Gasteiger partial charge < -0.3 is 39.5 Å². The number of nitrogens with one attached hydrogen (secondary N) is 2. The number of benzene rings is 3. The van der Waals surface area contributed by atoms with Crippen LogP contribution < -0.4 is 25.5 Å². The lowest BCUT2D eigenvalue weighted by Crippen LogP contribution is -2.52. The molecule has 3 aliphatic heterocycles. The summed E-state index contributed by atoms with van der Waals surface area (Å²) in [6.07, 6.45) is 1.27. The number of carbonyl (C=O) groups excluding carboxylic acids is 7. The predicted octanol–water partition coefficient (Wildman–Crippen LogP) is 3.52. The van der Waals surface area contributed by atoms with E-state index < -0.39 is 51.5 Å². The summed E-state index contributed by atoms with van der Waals surface area (Å²) >= 11 is 0. The molecular weight excluding hydrogens is 961 g/mol. The van der Waals surface area contributed by atoms with E-state index in [1.165, 1.54) is 0 Å². The van der Waals surface area contributed by atoms with Gasteiger partial charge in [0.1, 0.15) is 36.2 Å². The number of nitrogens with zero attached hydrogens (tertiary/aromatic N) is 6. The standard InChI is InChI=1S/C52H68N8O12S/c1-6-56(7-2)36-18-20-40-43(33-36)71-44-34-37(57(8-3)9-4)19-21-41(44)50(40)38-15-12-13-16-39(38)52(67)59-31-29-58(30-32-59)46(62)23-22-45(61)54-42(35-73(68,69)70)51(66)53-26-28-55(5)27-14-10-11-17-49(65)72-60-47(63)24-25-48(60)64/h12-13,15-16,18-21,33-34,42H,6-11,14,17,22-32,35H2,1-5H3,(H2-,53,54,61,66,68,69,70)/p+1. The highest BCUT2D eigenvalue weighted by Crippen LogP contribution is 2.42. The van der Waals surface area contributed by atoms with Crippen LogP contribution in [0.2, 0.25) is 0 Å². The summed E-state index contributed by atoms with van der Waals surface area (Å²) in [5, 5.41) is 7.35. The number of unbranched alkanes of at least 4 members (excludes halogenated alkanes) is 2. The van der Waals surface area contributed by atoms with Crippen molar-refractivity contribution < 1.29 is 55.8 Å². The Morgan fingerprint density at radius 1 is 0.808 bits per heavy atom. The number of fused-ring (bicyclic) bond motifs is 2. The molecule has 0 bridgehead atoms. The van der Waals surface area contributed by atoms with Gasteiger partial charge in [-0.15, -0.1) is 5.06 Å². The monoisotopic (exact) mass is 1030 g/mol. The quantitative estimate of drug-likeness (QED) is 0.0300. The Morgan fingerprint density at radius 2 is 1.49 bits per heavy atom. The number of hydrogen-bond acceptors (Lipinski definition) is 13. The molecule has 1 atom stereocenters. The van der Waals surface area contributed by atoms with Crippen molar-refractivity contribution in [2.24, 2.45) is 0 Å². The van der Waals surface area contributed by atoms with Crippen LogP contribution in [0.3, 0.4) is 0 Å². The molecule has 394 valence electrons. The van der Waals surface area contributed by atoms with E-state index in [-0.39, 0.29) is 76.6 Å². The van der Waals surface area contributed by atoms with Gasteiger partial charge >= 0.3 is 5.97 Å². The van der Waals surface area contributed by atoms with Crippen LogP contribution in [0.1, 0.15) is 89.4 Å². The molecule has 6 rings (SSSR count). The number of hydroxylamine groups is 2. The fraction of sp³-hybridized carbons (Fsp3) is 0.500. The Balaban J connectivity index is 1.01. The first-order valence-electron chi connectivity index (χ1n) is 25.2. The number of imide groups is 1. The van der Waals surface area contributed by atoms with Gasteiger partial charge in [-0.25, -0.2) is 9.37 Å².